The molecule has 0 fully saturated rings. The number of hydrogen-bond donors (Lipinski definition) is 2. The lowest BCUT2D eigenvalue weighted by atomic mass is 9.93. The quantitative estimate of drug-likeness (QED) is 0.415. The third kappa shape index (κ3) is 4.26. The van der Waals surface area contributed by atoms with Crippen molar-refractivity contribution in [2.75, 3.05) is 6.54 Å². The van der Waals surface area contributed by atoms with Crippen LogP contribution in [-0.2, 0) is 13.0 Å². The van der Waals surface area contributed by atoms with Crippen molar-refractivity contribution in [3.05, 3.63) is 75.6 Å². The van der Waals surface area contributed by atoms with Crippen molar-refractivity contribution in [3.8, 4) is 0 Å². The molecule has 1 aliphatic heterocycles. The number of benzene rings is 2. The highest BCUT2D eigenvalue weighted by atomic mass is 35.5. The van der Waals surface area contributed by atoms with E-state index in [4.69, 9.17) is 11.6 Å². The van der Waals surface area contributed by atoms with Crippen LogP contribution in [0, 0.1) is 0 Å². The summed E-state index contributed by atoms with van der Waals surface area (Å²) in [7, 11) is 0. The number of ketones is 1. The third-order valence-electron chi connectivity index (χ3n) is 6.29. The van der Waals surface area contributed by atoms with E-state index in [-0.39, 0.29) is 17.6 Å². The van der Waals surface area contributed by atoms with Gasteiger partial charge in [-0.25, -0.2) is 0 Å². The Morgan fingerprint density at radius 3 is 2.70 bits per heavy atom. The molecule has 2 aromatic heterocycles. The minimum atomic E-state index is -0.0789. The van der Waals surface area contributed by atoms with Gasteiger partial charge in [-0.15, -0.1) is 0 Å². The fourth-order valence-electron chi connectivity index (χ4n) is 4.30. The smallest absolute Gasteiger partial charge is 0.254 e. The lowest BCUT2D eigenvalue weighted by Crippen LogP contribution is -2.36. The first-order valence-electron chi connectivity index (χ1n) is 10.9. The first-order valence-corrected chi connectivity index (χ1v) is 11.3. The van der Waals surface area contributed by atoms with Crippen LogP contribution in [0.15, 0.2) is 42.5 Å². The van der Waals surface area contributed by atoms with Gasteiger partial charge in [0.25, 0.3) is 5.91 Å². The molecule has 0 aliphatic carbocycles. The van der Waals surface area contributed by atoms with Gasteiger partial charge in [-0.3, -0.25) is 14.7 Å². The third-order valence-corrected chi connectivity index (χ3v) is 6.54. The highest BCUT2D eigenvalue weighted by molar-refractivity contribution is 6.30. The minimum Gasteiger partial charge on any atom is -0.332 e. The number of halogens is 1. The SMILES string of the molecule is CC(CCC(=O)c1n[nH]c2c1CCN(C(=O)c1ccc3n[nH]nc3c1)C2)c1ccc(Cl)cc1. The number of carbonyl (C=O) groups is 2. The molecule has 2 N–H and O–H groups in total. The van der Waals surface area contributed by atoms with Crippen molar-refractivity contribution in [2.45, 2.75) is 38.6 Å². The van der Waals surface area contributed by atoms with E-state index in [9.17, 15) is 9.59 Å². The van der Waals surface area contributed by atoms with Crippen LogP contribution in [0.3, 0.4) is 0 Å². The fourth-order valence-corrected chi connectivity index (χ4v) is 4.43. The summed E-state index contributed by atoms with van der Waals surface area (Å²) < 4.78 is 0. The van der Waals surface area contributed by atoms with Gasteiger partial charge in [-0.05, 0) is 54.7 Å². The second-order valence-corrected chi connectivity index (χ2v) is 8.88. The van der Waals surface area contributed by atoms with Crippen molar-refractivity contribution >= 4 is 34.3 Å². The van der Waals surface area contributed by atoms with Gasteiger partial charge >= 0.3 is 0 Å². The summed E-state index contributed by atoms with van der Waals surface area (Å²) in [6.45, 7) is 3.03. The summed E-state index contributed by atoms with van der Waals surface area (Å²) in [6, 6.07) is 13.0. The van der Waals surface area contributed by atoms with Gasteiger partial charge in [0.2, 0.25) is 0 Å². The fraction of sp³-hybridized carbons (Fsp3) is 0.292. The molecule has 8 nitrogen and oxygen atoms in total. The first-order chi connectivity index (χ1) is 16.0. The lowest BCUT2D eigenvalue weighted by molar-refractivity contribution is 0.0732. The largest absolute Gasteiger partial charge is 0.332 e. The van der Waals surface area contributed by atoms with Gasteiger partial charge in [0.1, 0.15) is 16.7 Å². The predicted molar refractivity (Wildman–Crippen MR) is 124 cm³/mol. The maximum atomic E-state index is 13.0. The molecule has 2 aromatic carbocycles. The summed E-state index contributed by atoms with van der Waals surface area (Å²) in [5.41, 5.74) is 5.35. The number of nitrogens with zero attached hydrogens (tertiary/aromatic N) is 4. The van der Waals surface area contributed by atoms with Gasteiger partial charge in [0.15, 0.2) is 5.78 Å². The summed E-state index contributed by atoms with van der Waals surface area (Å²) in [5.74, 6) is 0.200. The highest BCUT2D eigenvalue weighted by Crippen LogP contribution is 2.26. The summed E-state index contributed by atoms with van der Waals surface area (Å²) in [6.07, 6.45) is 1.75. The van der Waals surface area contributed by atoms with Crippen molar-refractivity contribution in [1.82, 2.24) is 30.5 Å². The number of carbonyl (C=O) groups excluding carboxylic acids is 2. The van der Waals surface area contributed by atoms with E-state index in [1.807, 2.05) is 24.3 Å². The number of hydrogen-bond acceptors (Lipinski definition) is 5. The van der Waals surface area contributed by atoms with Crippen molar-refractivity contribution in [3.63, 3.8) is 0 Å². The van der Waals surface area contributed by atoms with Crippen LogP contribution in [0.25, 0.3) is 11.0 Å². The van der Waals surface area contributed by atoms with Crippen LogP contribution in [0.5, 0.6) is 0 Å². The average molecular weight is 463 g/mol. The molecule has 5 rings (SSSR count). The number of fused-ring (bicyclic) bond motifs is 2. The van der Waals surface area contributed by atoms with Gasteiger partial charge in [0, 0.05) is 29.1 Å². The number of H-pyrrole nitrogens is 2. The van der Waals surface area contributed by atoms with E-state index >= 15 is 0 Å². The molecule has 0 saturated heterocycles. The van der Waals surface area contributed by atoms with Crippen LogP contribution in [-0.4, -0.2) is 48.7 Å². The molecule has 4 aromatic rings. The zero-order chi connectivity index (χ0) is 22.9. The van der Waals surface area contributed by atoms with Gasteiger partial charge in [0.05, 0.1) is 12.2 Å². The number of amides is 1. The molecule has 3 heterocycles. The van der Waals surface area contributed by atoms with E-state index in [2.05, 4.69) is 32.5 Å². The van der Waals surface area contributed by atoms with Crippen LogP contribution in [0.4, 0.5) is 0 Å². The molecule has 0 bridgehead atoms. The normalized spacial score (nSPS) is 14.3. The Morgan fingerprint density at radius 2 is 1.88 bits per heavy atom. The zero-order valence-electron chi connectivity index (χ0n) is 18.1. The number of aromatic nitrogens is 5. The van der Waals surface area contributed by atoms with Gasteiger partial charge in [-0.1, -0.05) is 30.7 Å². The second kappa shape index (κ2) is 8.78. The molecular weight excluding hydrogens is 440 g/mol. The van der Waals surface area contributed by atoms with E-state index in [1.165, 1.54) is 0 Å². The second-order valence-electron chi connectivity index (χ2n) is 8.45. The summed E-state index contributed by atoms with van der Waals surface area (Å²) >= 11 is 5.96. The van der Waals surface area contributed by atoms with E-state index < -0.39 is 0 Å². The lowest BCUT2D eigenvalue weighted by Gasteiger charge is -2.27. The molecular formula is C24H23ClN6O2. The van der Waals surface area contributed by atoms with Gasteiger partial charge in [-0.2, -0.15) is 20.5 Å². The molecule has 33 heavy (non-hydrogen) atoms. The van der Waals surface area contributed by atoms with Crippen molar-refractivity contribution < 1.29 is 9.59 Å². The molecule has 1 unspecified atom stereocenters. The molecule has 0 saturated carbocycles. The maximum Gasteiger partial charge on any atom is 0.254 e. The van der Waals surface area contributed by atoms with Crippen molar-refractivity contribution in [2.24, 2.45) is 0 Å². The Hall–Kier alpha value is -3.52. The van der Waals surface area contributed by atoms with Gasteiger partial charge < -0.3 is 4.90 Å². The Bertz CT molecular complexity index is 1330. The zero-order valence-corrected chi connectivity index (χ0v) is 18.9. The minimum absolute atomic E-state index is 0.0320. The number of nitrogens with one attached hydrogen (secondary N) is 2. The van der Waals surface area contributed by atoms with E-state index in [1.54, 1.807) is 23.1 Å². The van der Waals surface area contributed by atoms with Crippen LogP contribution in [0.1, 0.15) is 63.4 Å². The number of aromatic amines is 2. The van der Waals surface area contributed by atoms with E-state index in [0.29, 0.717) is 47.7 Å². The Balaban J connectivity index is 1.24. The Labute approximate surface area is 195 Å². The molecule has 168 valence electrons. The maximum absolute atomic E-state index is 13.0. The topological polar surface area (TPSA) is 108 Å². The summed E-state index contributed by atoms with van der Waals surface area (Å²) in [4.78, 5) is 27.7. The van der Waals surface area contributed by atoms with Crippen LogP contribution < -0.4 is 0 Å². The molecule has 0 spiro atoms. The van der Waals surface area contributed by atoms with Crippen LogP contribution in [0.2, 0.25) is 5.02 Å². The molecule has 1 aliphatic rings. The first kappa shape index (κ1) is 21.3. The number of rotatable bonds is 6. The molecule has 1 atom stereocenters. The van der Waals surface area contributed by atoms with Crippen molar-refractivity contribution in [1.29, 1.82) is 0 Å². The highest BCUT2D eigenvalue weighted by Gasteiger charge is 2.28. The van der Waals surface area contributed by atoms with E-state index in [0.717, 1.165) is 28.8 Å². The Morgan fingerprint density at radius 1 is 1.09 bits per heavy atom. The molecule has 0 radical (unpaired) electrons. The standard InChI is InChI=1S/C24H23ClN6O2/c1-14(15-3-6-17(25)7-4-15)2-9-22(32)23-18-10-11-31(13-21(18)26-29-23)24(33)16-5-8-19-20(12-16)28-30-27-19/h3-8,12,14H,2,9-11,13H2,1H3,(H,26,29)(H,27,28,30). The molecule has 9 heteroatoms. The van der Waals surface area contributed by atoms with Crippen LogP contribution >= 0.6 is 11.6 Å². The average Bonchev–Trinajstić information content (AvgIpc) is 3.48. The Kier molecular flexibility index (Phi) is 5.68. The predicted octanol–water partition coefficient (Wildman–Crippen LogP) is 4.30. The molecule has 1 amide bonds. The summed E-state index contributed by atoms with van der Waals surface area (Å²) in [5, 5.41) is 18.6. The monoisotopic (exact) mass is 462 g/mol. The number of Topliss-reactive ketones (excluding diaryl/α,β-unsaturated/α-hetero) is 1.